The second-order valence-electron chi connectivity index (χ2n) is 7.87. The van der Waals surface area contributed by atoms with E-state index in [1.54, 1.807) is 24.3 Å². The normalized spacial score (nSPS) is 12.8. The van der Waals surface area contributed by atoms with Crippen LogP contribution in [0.4, 0.5) is 0 Å². The van der Waals surface area contributed by atoms with E-state index in [2.05, 4.69) is 9.97 Å². The number of aromatic amines is 2. The molecule has 5 aromatic rings. The number of fused-ring (bicyclic) bond motifs is 3. The van der Waals surface area contributed by atoms with Crippen molar-refractivity contribution in [2.45, 2.75) is 6.92 Å². The van der Waals surface area contributed by atoms with Gasteiger partial charge in [-0.05, 0) is 18.6 Å². The van der Waals surface area contributed by atoms with E-state index >= 15 is 0 Å². The molecule has 3 aromatic carbocycles. The van der Waals surface area contributed by atoms with Crippen LogP contribution in [0.5, 0.6) is 0 Å². The Morgan fingerprint density at radius 3 is 2.00 bits per heavy atom. The summed E-state index contributed by atoms with van der Waals surface area (Å²) in [6, 6.07) is 24.9. The highest BCUT2D eigenvalue weighted by atomic mass is 16.1. The van der Waals surface area contributed by atoms with Crippen molar-refractivity contribution in [3.63, 3.8) is 0 Å². The topological polar surface area (TPSA) is 65.7 Å². The standard InChI is InChI=1S/C27H18N2O2/c1-15-21(19-13-7-8-14-20(19)28-15)22-23-25(29-24(22)16-9-3-2-4-10-16)27(31)18-12-6-5-11-17(18)26(23)30/h2-14,28-29H,1H3. The van der Waals surface area contributed by atoms with Crippen LogP contribution >= 0.6 is 0 Å². The molecule has 0 radical (unpaired) electrons. The molecule has 0 saturated heterocycles. The van der Waals surface area contributed by atoms with Gasteiger partial charge in [-0.25, -0.2) is 0 Å². The maximum Gasteiger partial charge on any atom is 0.210 e. The molecule has 1 aliphatic carbocycles. The zero-order valence-corrected chi connectivity index (χ0v) is 16.8. The molecular weight excluding hydrogens is 384 g/mol. The summed E-state index contributed by atoms with van der Waals surface area (Å²) < 4.78 is 0. The zero-order valence-electron chi connectivity index (χ0n) is 16.8. The van der Waals surface area contributed by atoms with Gasteiger partial charge in [0.1, 0.15) is 0 Å². The molecule has 0 amide bonds. The highest BCUT2D eigenvalue weighted by Gasteiger charge is 2.36. The molecule has 6 rings (SSSR count). The summed E-state index contributed by atoms with van der Waals surface area (Å²) in [7, 11) is 0. The van der Waals surface area contributed by atoms with Gasteiger partial charge in [-0.15, -0.1) is 0 Å². The van der Waals surface area contributed by atoms with Crippen molar-refractivity contribution in [2.24, 2.45) is 0 Å². The molecule has 4 nitrogen and oxygen atoms in total. The Labute approximate surface area is 178 Å². The Bertz CT molecular complexity index is 1520. The Balaban J connectivity index is 1.75. The van der Waals surface area contributed by atoms with Crippen LogP contribution in [0.2, 0.25) is 0 Å². The van der Waals surface area contributed by atoms with Gasteiger partial charge in [0.25, 0.3) is 0 Å². The number of carbonyl (C=O) groups excluding carboxylic acids is 2. The van der Waals surface area contributed by atoms with Gasteiger partial charge in [0.15, 0.2) is 5.78 Å². The van der Waals surface area contributed by atoms with E-state index in [1.807, 2.05) is 61.5 Å². The molecule has 2 aromatic heterocycles. The van der Waals surface area contributed by atoms with Crippen LogP contribution < -0.4 is 0 Å². The minimum Gasteiger partial charge on any atom is -0.358 e. The summed E-state index contributed by atoms with van der Waals surface area (Å²) in [6.07, 6.45) is 0. The average molecular weight is 402 g/mol. The molecule has 31 heavy (non-hydrogen) atoms. The van der Waals surface area contributed by atoms with E-state index in [-0.39, 0.29) is 11.6 Å². The minimum atomic E-state index is -0.147. The molecule has 4 heteroatoms. The van der Waals surface area contributed by atoms with Gasteiger partial charge < -0.3 is 9.97 Å². The molecule has 0 saturated carbocycles. The zero-order chi connectivity index (χ0) is 21.1. The van der Waals surface area contributed by atoms with Crippen molar-refractivity contribution < 1.29 is 9.59 Å². The maximum absolute atomic E-state index is 13.7. The predicted molar refractivity (Wildman–Crippen MR) is 122 cm³/mol. The van der Waals surface area contributed by atoms with Crippen LogP contribution in [-0.4, -0.2) is 21.5 Å². The summed E-state index contributed by atoms with van der Waals surface area (Å²) in [6.45, 7) is 2.01. The maximum atomic E-state index is 13.7. The van der Waals surface area contributed by atoms with Gasteiger partial charge in [0.2, 0.25) is 5.78 Å². The molecule has 0 atom stereocenters. The SMILES string of the molecule is Cc1[nH]c2ccccc2c1-c1c(-c2ccccc2)[nH]c2c1C(=O)c1ccccc1C2=O. The average Bonchev–Trinajstić information content (AvgIpc) is 3.35. The molecule has 0 aliphatic heterocycles. The van der Waals surface area contributed by atoms with E-state index in [1.165, 1.54) is 0 Å². The van der Waals surface area contributed by atoms with Crippen molar-refractivity contribution in [1.82, 2.24) is 9.97 Å². The van der Waals surface area contributed by atoms with Gasteiger partial charge in [-0.2, -0.15) is 0 Å². The van der Waals surface area contributed by atoms with Crippen molar-refractivity contribution in [2.75, 3.05) is 0 Å². The smallest absolute Gasteiger partial charge is 0.210 e. The lowest BCUT2D eigenvalue weighted by atomic mass is 9.84. The number of H-pyrrole nitrogens is 2. The van der Waals surface area contributed by atoms with Crippen molar-refractivity contribution in [1.29, 1.82) is 0 Å². The van der Waals surface area contributed by atoms with Gasteiger partial charge in [-0.1, -0.05) is 72.8 Å². The molecule has 0 fully saturated rings. The second kappa shape index (κ2) is 6.41. The minimum absolute atomic E-state index is 0.122. The number of hydrogen-bond acceptors (Lipinski definition) is 2. The number of benzene rings is 3. The lowest BCUT2D eigenvalue weighted by Gasteiger charge is -2.15. The summed E-state index contributed by atoms with van der Waals surface area (Å²) in [4.78, 5) is 33.8. The lowest BCUT2D eigenvalue weighted by molar-refractivity contribution is 0.0977. The number of aromatic nitrogens is 2. The first-order valence-electron chi connectivity index (χ1n) is 10.2. The number of hydrogen-bond donors (Lipinski definition) is 2. The van der Waals surface area contributed by atoms with Crippen LogP contribution in [0.25, 0.3) is 33.3 Å². The van der Waals surface area contributed by atoms with Crippen molar-refractivity contribution in [3.8, 4) is 22.4 Å². The number of ketones is 2. The van der Waals surface area contributed by atoms with E-state index in [4.69, 9.17) is 0 Å². The first kappa shape index (κ1) is 17.7. The highest BCUT2D eigenvalue weighted by Crippen LogP contribution is 2.44. The van der Waals surface area contributed by atoms with Gasteiger partial charge >= 0.3 is 0 Å². The molecule has 2 N–H and O–H groups in total. The van der Waals surface area contributed by atoms with E-state index in [0.29, 0.717) is 22.4 Å². The van der Waals surface area contributed by atoms with Crippen LogP contribution in [0.3, 0.4) is 0 Å². The fraction of sp³-hybridized carbons (Fsp3) is 0.0370. The quantitative estimate of drug-likeness (QED) is 0.378. The van der Waals surface area contributed by atoms with Crippen LogP contribution in [0, 0.1) is 6.92 Å². The summed E-state index contributed by atoms with van der Waals surface area (Å²) in [5.41, 5.74) is 7.13. The third-order valence-electron chi connectivity index (χ3n) is 6.08. The number of para-hydroxylation sites is 1. The summed E-state index contributed by atoms with van der Waals surface area (Å²) in [5.74, 6) is -0.269. The van der Waals surface area contributed by atoms with E-state index in [9.17, 15) is 9.59 Å². The molecule has 0 bridgehead atoms. The number of aryl methyl sites for hydroxylation is 1. The number of carbonyl (C=O) groups is 2. The van der Waals surface area contributed by atoms with Gasteiger partial charge in [0.05, 0.1) is 17.0 Å². The van der Waals surface area contributed by atoms with Gasteiger partial charge in [0, 0.05) is 38.9 Å². The number of nitrogens with one attached hydrogen (secondary N) is 2. The second-order valence-corrected chi connectivity index (χ2v) is 7.87. The van der Waals surface area contributed by atoms with Crippen LogP contribution in [0.15, 0.2) is 78.9 Å². The van der Waals surface area contributed by atoms with Crippen LogP contribution in [0.1, 0.15) is 37.7 Å². The Kier molecular flexibility index (Phi) is 3.65. The van der Waals surface area contributed by atoms with Crippen LogP contribution in [-0.2, 0) is 0 Å². The fourth-order valence-corrected chi connectivity index (χ4v) is 4.72. The molecule has 0 unspecified atom stereocenters. The molecular formula is C27H18N2O2. The molecule has 0 spiro atoms. The van der Waals surface area contributed by atoms with Crippen molar-refractivity contribution >= 4 is 22.5 Å². The third-order valence-corrected chi connectivity index (χ3v) is 6.08. The number of rotatable bonds is 2. The third kappa shape index (κ3) is 2.42. The lowest BCUT2D eigenvalue weighted by Crippen LogP contribution is -2.20. The Morgan fingerprint density at radius 2 is 1.23 bits per heavy atom. The monoisotopic (exact) mass is 402 g/mol. The van der Waals surface area contributed by atoms with Crippen molar-refractivity contribution in [3.05, 3.63) is 107 Å². The largest absolute Gasteiger partial charge is 0.358 e. The highest BCUT2D eigenvalue weighted by molar-refractivity contribution is 6.31. The molecule has 1 aliphatic rings. The Hall–Kier alpha value is -4.18. The van der Waals surface area contributed by atoms with Gasteiger partial charge in [-0.3, -0.25) is 9.59 Å². The van der Waals surface area contributed by atoms with E-state index < -0.39 is 0 Å². The fourth-order valence-electron chi connectivity index (χ4n) is 4.72. The first-order chi connectivity index (χ1) is 15.1. The Morgan fingerprint density at radius 1 is 0.581 bits per heavy atom. The molecule has 2 heterocycles. The first-order valence-corrected chi connectivity index (χ1v) is 10.2. The summed E-state index contributed by atoms with van der Waals surface area (Å²) >= 11 is 0. The molecule has 148 valence electrons. The predicted octanol–water partition coefficient (Wildman–Crippen LogP) is 5.91. The summed E-state index contributed by atoms with van der Waals surface area (Å²) in [5, 5.41) is 1.03. The van der Waals surface area contributed by atoms with E-state index in [0.717, 1.165) is 39.0 Å².